The Kier molecular flexibility index (Phi) is 5.01. The Morgan fingerprint density at radius 2 is 2.05 bits per heavy atom. The largest absolute Gasteiger partial charge is 0.457 e. The molecule has 21 heavy (non-hydrogen) atoms. The van der Waals surface area contributed by atoms with E-state index >= 15 is 0 Å². The quantitative estimate of drug-likeness (QED) is 0.661. The van der Waals surface area contributed by atoms with Crippen molar-refractivity contribution in [1.29, 1.82) is 0 Å². The molecule has 2 rings (SSSR count). The molecular weight excluding hydrogens is 331 g/mol. The van der Waals surface area contributed by atoms with E-state index in [1.54, 1.807) is 30.3 Å². The second kappa shape index (κ2) is 6.76. The van der Waals surface area contributed by atoms with Crippen molar-refractivity contribution >= 4 is 52.5 Å². The Labute approximate surface area is 136 Å². The van der Waals surface area contributed by atoms with Crippen LogP contribution in [-0.4, -0.2) is 11.0 Å². The molecule has 1 aromatic heterocycles. The standard InChI is InChI=1S/C14H10Cl2N2O2S/c15-8-1-4-10(11(16)7-8)12-5-2-9(20-12)3-6-13(19)18-14(17)21/h1-7H,(H3,17,18,19,21)/b6-3+. The Bertz CT molecular complexity index is 726. The van der Waals surface area contributed by atoms with Crippen LogP contribution in [0.2, 0.25) is 10.0 Å². The van der Waals surface area contributed by atoms with Gasteiger partial charge < -0.3 is 10.2 Å². The summed E-state index contributed by atoms with van der Waals surface area (Å²) in [6.07, 6.45) is 2.77. The fraction of sp³-hybridized carbons (Fsp3) is 0. The molecule has 0 saturated heterocycles. The third-order valence-corrected chi connectivity index (χ3v) is 3.12. The zero-order valence-corrected chi connectivity index (χ0v) is 12.9. The number of carbonyl (C=O) groups is 1. The Balaban J connectivity index is 2.16. The second-order valence-corrected chi connectivity index (χ2v) is 5.30. The topological polar surface area (TPSA) is 68.3 Å². The molecule has 1 heterocycles. The zero-order valence-electron chi connectivity index (χ0n) is 10.6. The number of hydrogen-bond donors (Lipinski definition) is 2. The monoisotopic (exact) mass is 340 g/mol. The van der Waals surface area contributed by atoms with Crippen molar-refractivity contribution < 1.29 is 9.21 Å². The molecule has 2 aromatic rings. The van der Waals surface area contributed by atoms with Crippen LogP contribution in [0.25, 0.3) is 17.4 Å². The van der Waals surface area contributed by atoms with E-state index in [0.717, 1.165) is 0 Å². The number of nitrogens with one attached hydrogen (secondary N) is 1. The molecule has 0 radical (unpaired) electrons. The fourth-order valence-corrected chi connectivity index (χ4v) is 2.20. The van der Waals surface area contributed by atoms with Crippen molar-refractivity contribution in [2.45, 2.75) is 0 Å². The van der Waals surface area contributed by atoms with Crippen LogP contribution in [0.4, 0.5) is 0 Å². The van der Waals surface area contributed by atoms with Crippen LogP contribution < -0.4 is 11.1 Å². The van der Waals surface area contributed by atoms with E-state index in [1.165, 1.54) is 12.2 Å². The SMILES string of the molecule is NC(=S)NC(=O)/C=C/c1ccc(-c2ccc(Cl)cc2Cl)o1. The average molecular weight is 341 g/mol. The summed E-state index contributed by atoms with van der Waals surface area (Å²) >= 11 is 16.5. The van der Waals surface area contributed by atoms with Crippen molar-refractivity contribution in [3.05, 3.63) is 52.2 Å². The average Bonchev–Trinajstić information content (AvgIpc) is 2.84. The van der Waals surface area contributed by atoms with Gasteiger partial charge in [0.15, 0.2) is 5.11 Å². The molecule has 108 valence electrons. The minimum absolute atomic E-state index is 0.0854. The lowest BCUT2D eigenvalue weighted by Crippen LogP contribution is -2.33. The molecule has 0 unspecified atom stereocenters. The van der Waals surface area contributed by atoms with Crippen LogP contribution in [0.1, 0.15) is 5.76 Å². The highest BCUT2D eigenvalue weighted by atomic mass is 35.5. The van der Waals surface area contributed by atoms with Crippen molar-refractivity contribution in [3.63, 3.8) is 0 Å². The smallest absolute Gasteiger partial charge is 0.250 e. The van der Waals surface area contributed by atoms with E-state index in [1.807, 2.05) is 0 Å². The van der Waals surface area contributed by atoms with Crippen LogP contribution in [0, 0.1) is 0 Å². The van der Waals surface area contributed by atoms with Crippen LogP contribution in [-0.2, 0) is 4.79 Å². The number of benzene rings is 1. The highest BCUT2D eigenvalue weighted by molar-refractivity contribution is 7.80. The second-order valence-electron chi connectivity index (χ2n) is 4.01. The molecule has 1 aromatic carbocycles. The summed E-state index contributed by atoms with van der Waals surface area (Å²) in [5.74, 6) is 0.644. The van der Waals surface area contributed by atoms with Gasteiger partial charge in [0.2, 0.25) is 5.91 Å². The summed E-state index contributed by atoms with van der Waals surface area (Å²) < 4.78 is 5.59. The lowest BCUT2D eigenvalue weighted by molar-refractivity contribution is -0.115. The minimum atomic E-state index is -0.426. The molecule has 1 amide bonds. The summed E-state index contributed by atoms with van der Waals surface area (Å²) in [5, 5.41) is 3.22. The molecule has 0 aliphatic rings. The molecule has 3 N–H and O–H groups in total. The maximum atomic E-state index is 11.4. The summed E-state index contributed by atoms with van der Waals surface area (Å²) in [6.45, 7) is 0. The molecule has 4 nitrogen and oxygen atoms in total. The summed E-state index contributed by atoms with van der Waals surface area (Å²) in [7, 11) is 0. The highest BCUT2D eigenvalue weighted by Crippen LogP contribution is 2.31. The maximum Gasteiger partial charge on any atom is 0.250 e. The van der Waals surface area contributed by atoms with E-state index in [-0.39, 0.29) is 5.11 Å². The number of nitrogens with two attached hydrogens (primary N) is 1. The van der Waals surface area contributed by atoms with Gasteiger partial charge in [-0.15, -0.1) is 0 Å². The Hall–Kier alpha value is -1.82. The predicted molar refractivity (Wildman–Crippen MR) is 88.1 cm³/mol. The number of carbonyl (C=O) groups excluding carboxylic acids is 1. The van der Waals surface area contributed by atoms with Crippen molar-refractivity contribution in [2.75, 3.05) is 0 Å². The molecule has 0 atom stereocenters. The normalized spacial score (nSPS) is 10.8. The predicted octanol–water partition coefficient (Wildman–Crippen LogP) is 3.63. The van der Waals surface area contributed by atoms with Gasteiger partial charge in [0.25, 0.3) is 0 Å². The summed E-state index contributed by atoms with van der Waals surface area (Å²) in [4.78, 5) is 11.4. The first-order chi connectivity index (χ1) is 9.95. The third-order valence-electron chi connectivity index (χ3n) is 2.47. The van der Waals surface area contributed by atoms with Crippen LogP contribution >= 0.6 is 35.4 Å². The number of hydrogen-bond acceptors (Lipinski definition) is 3. The van der Waals surface area contributed by atoms with E-state index in [4.69, 9.17) is 33.4 Å². The first-order valence-corrected chi connectivity index (χ1v) is 6.96. The molecular formula is C14H10Cl2N2O2S. The van der Waals surface area contributed by atoms with Gasteiger partial charge in [-0.25, -0.2) is 0 Å². The molecule has 0 aliphatic carbocycles. The number of furan rings is 1. The highest BCUT2D eigenvalue weighted by Gasteiger charge is 2.08. The van der Waals surface area contributed by atoms with Gasteiger partial charge in [0, 0.05) is 16.7 Å². The van der Waals surface area contributed by atoms with Crippen LogP contribution in [0.3, 0.4) is 0 Å². The first kappa shape index (κ1) is 15.6. The Morgan fingerprint density at radius 1 is 1.29 bits per heavy atom. The van der Waals surface area contributed by atoms with Crippen molar-refractivity contribution in [3.8, 4) is 11.3 Å². The van der Waals surface area contributed by atoms with Crippen molar-refractivity contribution in [1.82, 2.24) is 5.32 Å². The molecule has 0 saturated carbocycles. The lowest BCUT2D eigenvalue weighted by atomic mass is 10.2. The minimum Gasteiger partial charge on any atom is -0.457 e. The van der Waals surface area contributed by atoms with Crippen LogP contribution in [0.15, 0.2) is 40.8 Å². The van der Waals surface area contributed by atoms with E-state index in [2.05, 4.69) is 17.5 Å². The van der Waals surface area contributed by atoms with E-state index < -0.39 is 5.91 Å². The van der Waals surface area contributed by atoms with E-state index in [9.17, 15) is 4.79 Å². The van der Waals surface area contributed by atoms with Gasteiger partial charge in [0.05, 0.1) is 5.02 Å². The summed E-state index contributed by atoms with van der Waals surface area (Å²) in [5.41, 5.74) is 5.90. The summed E-state index contributed by atoms with van der Waals surface area (Å²) in [6, 6.07) is 8.57. The van der Waals surface area contributed by atoms with Gasteiger partial charge in [-0.3, -0.25) is 10.1 Å². The molecule has 0 spiro atoms. The van der Waals surface area contributed by atoms with E-state index in [0.29, 0.717) is 27.1 Å². The van der Waals surface area contributed by atoms with Gasteiger partial charge >= 0.3 is 0 Å². The molecule has 0 bridgehead atoms. The van der Waals surface area contributed by atoms with Gasteiger partial charge in [-0.05, 0) is 48.6 Å². The lowest BCUT2D eigenvalue weighted by Gasteiger charge is -2.00. The first-order valence-electron chi connectivity index (χ1n) is 5.79. The van der Waals surface area contributed by atoms with Crippen molar-refractivity contribution in [2.24, 2.45) is 5.73 Å². The molecule has 0 aliphatic heterocycles. The number of amides is 1. The maximum absolute atomic E-state index is 11.4. The number of halogens is 2. The Morgan fingerprint density at radius 3 is 2.71 bits per heavy atom. The van der Waals surface area contributed by atoms with Crippen LogP contribution in [0.5, 0.6) is 0 Å². The fourth-order valence-electron chi connectivity index (χ4n) is 1.60. The third kappa shape index (κ3) is 4.32. The van der Waals surface area contributed by atoms with Gasteiger partial charge in [0.1, 0.15) is 11.5 Å². The van der Waals surface area contributed by atoms with Gasteiger partial charge in [-0.1, -0.05) is 23.2 Å². The number of rotatable bonds is 3. The number of thiocarbonyl (C=S) groups is 1. The van der Waals surface area contributed by atoms with Gasteiger partial charge in [-0.2, -0.15) is 0 Å². The molecule has 0 fully saturated rings. The zero-order chi connectivity index (χ0) is 15.4. The molecule has 7 heteroatoms.